The minimum Gasteiger partial charge on any atom is -0.378 e. The van der Waals surface area contributed by atoms with Crippen molar-refractivity contribution in [1.29, 1.82) is 0 Å². The smallest absolute Gasteiger partial charge is 0.228 e. The van der Waals surface area contributed by atoms with E-state index < -0.39 is 0 Å². The molecule has 0 aromatic heterocycles. The Balaban J connectivity index is 1.81. The van der Waals surface area contributed by atoms with E-state index in [4.69, 9.17) is 11.2 Å². The molecular formula is C16H18N2O2. The molecule has 2 aliphatic heterocycles. The van der Waals surface area contributed by atoms with E-state index in [1.54, 1.807) is 4.90 Å². The molecule has 3 rings (SSSR count). The van der Waals surface area contributed by atoms with Gasteiger partial charge in [-0.3, -0.25) is 4.79 Å². The maximum absolute atomic E-state index is 12.0. The molecule has 0 aliphatic carbocycles. The van der Waals surface area contributed by atoms with Gasteiger partial charge in [0.2, 0.25) is 5.91 Å². The molecule has 4 nitrogen and oxygen atoms in total. The van der Waals surface area contributed by atoms with Gasteiger partial charge in [-0.05, 0) is 18.2 Å². The lowest BCUT2D eigenvalue weighted by Gasteiger charge is -2.29. The number of terminal acetylenes is 1. The Bertz CT molecular complexity index is 544. The van der Waals surface area contributed by atoms with Crippen molar-refractivity contribution in [3.63, 3.8) is 0 Å². The Morgan fingerprint density at radius 1 is 1.25 bits per heavy atom. The van der Waals surface area contributed by atoms with Crippen LogP contribution in [0.5, 0.6) is 0 Å². The molecule has 1 atom stereocenters. The number of carbonyl (C=O) groups excluding carboxylic acids is 1. The summed E-state index contributed by atoms with van der Waals surface area (Å²) in [5.41, 5.74) is 2.08. The van der Waals surface area contributed by atoms with Crippen molar-refractivity contribution in [2.24, 2.45) is 5.92 Å². The van der Waals surface area contributed by atoms with Gasteiger partial charge < -0.3 is 14.5 Å². The molecule has 1 aromatic rings. The Labute approximate surface area is 119 Å². The lowest BCUT2D eigenvalue weighted by atomic mass is 10.1. The van der Waals surface area contributed by atoms with Gasteiger partial charge in [-0.2, -0.15) is 0 Å². The quantitative estimate of drug-likeness (QED) is 0.764. The molecule has 2 saturated heterocycles. The first-order valence-electron chi connectivity index (χ1n) is 6.97. The molecule has 0 N–H and O–H groups in total. The highest BCUT2D eigenvalue weighted by Crippen LogP contribution is 2.28. The standard InChI is InChI=1S/C16H18N2O2/c1-2-13-10-16(19)18(12-13)15-5-3-4-14(11-15)17-6-8-20-9-7-17/h1,3-5,11,13H,6-10,12H2. The number of carbonyl (C=O) groups is 1. The third-order valence-electron chi connectivity index (χ3n) is 3.88. The molecule has 1 unspecified atom stereocenters. The van der Waals surface area contributed by atoms with Gasteiger partial charge in [-0.15, -0.1) is 12.3 Å². The fourth-order valence-corrected chi connectivity index (χ4v) is 2.75. The lowest BCUT2D eigenvalue weighted by molar-refractivity contribution is -0.117. The maximum Gasteiger partial charge on any atom is 0.228 e. The average Bonchev–Trinajstić information content (AvgIpc) is 2.89. The van der Waals surface area contributed by atoms with Crippen LogP contribution < -0.4 is 9.80 Å². The first-order valence-corrected chi connectivity index (χ1v) is 6.97. The summed E-state index contributed by atoms with van der Waals surface area (Å²) >= 11 is 0. The molecule has 104 valence electrons. The highest BCUT2D eigenvalue weighted by Gasteiger charge is 2.29. The third kappa shape index (κ3) is 2.50. The monoisotopic (exact) mass is 270 g/mol. The Kier molecular flexibility index (Phi) is 3.62. The summed E-state index contributed by atoms with van der Waals surface area (Å²) in [5.74, 6) is 2.84. The zero-order valence-electron chi connectivity index (χ0n) is 11.4. The number of nitrogens with zero attached hydrogens (tertiary/aromatic N) is 2. The van der Waals surface area contributed by atoms with Crippen LogP contribution in [-0.2, 0) is 9.53 Å². The average molecular weight is 270 g/mol. The third-order valence-corrected chi connectivity index (χ3v) is 3.88. The molecule has 0 bridgehead atoms. The molecule has 0 radical (unpaired) electrons. The van der Waals surface area contributed by atoms with Crippen LogP contribution in [0.25, 0.3) is 0 Å². The molecule has 20 heavy (non-hydrogen) atoms. The van der Waals surface area contributed by atoms with E-state index in [0.29, 0.717) is 13.0 Å². The number of ether oxygens (including phenoxy) is 1. The lowest BCUT2D eigenvalue weighted by Crippen LogP contribution is -2.36. The number of hydrogen-bond acceptors (Lipinski definition) is 3. The number of rotatable bonds is 2. The van der Waals surface area contributed by atoms with Crippen LogP contribution >= 0.6 is 0 Å². The minimum atomic E-state index is 0.0366. The zero-order valence-corrected chi connectivity index (χ0v) is 11.4. The molecule has 1 amide bonds. The number of benzene rings is 1. The minimum absolute atomic E-state index is 0.0366. The topological polar surface area (TPSA) is 32.8 Å². The maximum atomic E-state index is 12.0. The number of amides is 1. The first kappa shape index (κ1) is 13.0. The second-order valence-electron chi connectivity index (χ2n) is 5.19. The Hall–Kier alpha value is -1.99. The van der Waals surface area contributed by atoms with Crippen molar-refractivity contribution >= 4 is 17.3 Å². The predicted molar refractivity (Wildman–Crippen MR) is 78.8 cm³/mol. The van der Waals surface area contributed by atoms with Crippen LogP contribution in [0.1, 0.15) is 6.42 Å². The highest BCUT2D eigenvalue weighted by molar-refractivity contribution is 5.96. The van der Waals surface area contributed by atoms with E-state index in [-0.39, 0.29) is 11.8 Å². The molecule has 2 heterocycles. The van der Waals surface area contributed by atoms with E-state index in [1.165, 1.54) is 0 Å². The molecule has 1 aromatic carbocycles. The van der Waals surface area contributed by atoms with Crippen LogP contribution in [0.15, 0.2) is 24.3 Å². The van der Waals surface area contributed by atoms with E-state index in [2.05, 4.69) is 23.0 Å². The fraction of sp³-hybridized carbons (Fsp3) is 0.438. The normalized spacial score (nSPS) is 22.9. The van der Waals surface area contributed by atoms with Gasteiger partial charge in [-0.1, -0.05) is 6.07 Å². The van der Waals surface area contributed by atoms with Gasteiger partial charge in [0, 0.05) is 43.3 Å². The van der Waals surface area contributed by atoms with Crippen LogP contribution in [0.3, 0.4) is 0 Å². The van der Waals surface area contributed by atoms with Crippen molar-refractivity contribution in [2.75, 3.05) is 42.6 Å². The van der Waals surface area contributed by atoms with Gasteiger partial charge in [0.1, 0.15) is 0 Å². The van der Waals surface area contributed by atoms with Gasteiger partial charge in [0.05, 0.1) is 13.2 Å². The van der Waals surface area contributed by atoms with E-state index >= 15 is 0 Å². The Morgan fingerprint density at radius 2 is 2.00 bits per heavy atom. The highest BCUT2D eigenvalue weighted by atomic mass is 16.5. The molecular weight excluding hydrogens is 252 g/mol. The number of hydrogen-bond donors (Lipinski definition) is 0. The Morgan fingerprint density at radius 3 is 2.70 bits per heavy atom. The van der Waals surface area contributed by atoms with Gasteiger partial charge >= 0.3 is 0 Å². The summed E-state index contributed by atoms with van der Waals surface area (Å²) in [6, 6.07) is 8.12. The van der Waals surface area contributed by atoms with Crippen molar-refractivity contribution in [3.8, 4) is 12.3 Å². The molecule has 0 spiro atoms. The van der Waals surface area contributed by atoms with Gasteiger partial charge in [-0.25, -0.2) is 0 Å². The van der Waals surface area contributed by atoms with Crippen molar-refractivity contribution in [2.45, 2.75) is 6.42 Å². The SMILES string of the molecule is C#CC1CC(=O)N(c2cccc(N3CCOCC3)c2)C1. The van der Waals surface area contributed by atoms with Crippen LogP contribution in [0.4, 0.5) is 11.4 Å². The summed E-state index contributed by atoms with van der Waals surface area (Å²) in [5, 5.41) is 0. The van der Waals surface area contributed by atoms with Crippen LogP contribution in [0, 0.1) is 18.3 Å². The molecule has 0 saturated carbocycles. The second-order valence-corrected chi connectivity index (χ2v) is 5.19. The summed E-state index contributed by atoms with van der Waals surface area (Å²) in [6.07, 6.45) is 5.89. The first-order chi connectivity index (χ1) is 9.78. The van der Waals surface area contributed by atoms with E-state index in [0.717, 1.165) is 37.7 Å². The summed E-state index contributed by atoms with van der Waals surface area (Å²) < 4.78 is 5.37. The van der Waals surface area contributed by atoms with E-state index in [1.807, 2.05) is 12.1 Å². The summed E-state index contributed by atoms with van der Waals surface area (Å²) in [7, 11) is 0. The van der Waals surface area contributed by atoms with Crippen molar-refractivity contribution < 1.29 is 9.53 Å². The summed E-state index contributed by atoms with van der Waals surface area (Å²) in [4.78, 5) is 16.1. The fourth-order valence-electron chi connectivity index (χ4n) is 2.75. The molecule has 4 heteroatoms. The van der Waals surface area contributed by atoms with Gasteiger partial charge in [0.25, 0.3) is 0 Å². The zero-order chi connectivity index (χ0) is 13.9. The number of morpholine rings is 1. The van der Waals surface area contributed by atoms with Crippen molar-refractivity contribution in [3.05, 3.63) is 24.3 Å². The van der Waals surface area contributed by atoms with E-state index in [9.17, 15) is 4.79 Å². The van der Waals surface area contributed by atoms with Crippen LogP contribution in [0.2, 0.25) is 0 Å². The summed E-state index contributed by atoms with van der Waals surface area (Å²) in [6.45, 7) is 3.93. The largest absolute Gasteiger partial charge is 0.378 e. The predicted octanol–water partition coefficient (Wildman–Crippen LogP) is 1.51. The molecule has 2 fully saturated rings. The van der Waals surface area contributed by atoms with Gasteiger partial charge in [0.15, 0.2) is 0 Å². The van der Waals surface area contributed by atoms with Crippen molar-refractivity contribution in [1.82, 2.24) is 0 Å². The number of anilines is 2. The van der Waals surface area contributed by atoms with Crippen LogP contribution in [-0.4, -0.2) is 38.8 Å². The second kappa shape index (κ2) is 5.56. The molecule has 2 aliphatic rings.